The van der Waals surface area contributed by atoms with Gasteiger partial charge < -0.3 is 9.80 Å². The highest BCUT2D eigenvalue weighted by Crippen LogP contribution is 2.10. The van der Waals surface area contributed by atoms with E-state index in [0.29, 0.717) is 19.6 Å². The maximum atomic E-state index is 11.7. The van der Waals surface area contributed by atoms with Gasteiger partial charge in [0, 0.05) is 26.7 Å². The number of hydrogen-bond acceptors (Lipinski definition) is 2. The fourth-order valence-corrected chi connectivity index (χ4v) is 1.84. The fourth-order valence-electron chi connectivity index (χ4n) is 1.84. The second kappa shape index (κ2) is 4.57. The van der Waals surface area contributed by atoms with Crippen molar-refractivity contribution in [3.63, 3.8) is 0 Å². The molecule has 1 aromatic rings. The van der Waals surface area contributed by atoms with Gasteiger partial charge in [0.2, 0.25) is 0 Å². The zero-order chi connectivity index (χ0) is 12.4. The van der Waals surface area contributed by atoms with Crippen molar-refractivity contribution in [2.45, 2.75) is 13.5 Å². The summed E-state index contributed by atoms with van der Waals surface area (Å²) in [6, 6.07) is 8.01. The molecule has 1 heterocycles. The molecule has 17 heavy (non-hydrogen) atoms. The maximum absolute atomic E-state index is 11.7. The van der Waals surface area contributed by atoms with Gasteiger partial charge in [0.15, 0.2) is 0 Å². The zero-order valence-corrected chi connectivity index (χ0v) is 10.1. The normalized spacial score (nSPS) is 16.6. The molecule has 0 bridgehead atoms. The number of benzene rings is 1. The fraction of sp³-hybridized carbons (Fsp3) is 0.385. The van der Waals surface area contributed by atoms with Crippen LogP contribution in [0.2, 0.25) is 0 Å². The smallest absolute Gasteiger partial charge is 0.312 e. The van der Waals surface area contributed by atoms with E-state index in [4.69, 9.17) is 0 Å². The highest BCUT2D eigenvalue weighted by Gasteiger charge is 2.29. The predicted octanol–water partition coefficient (Wildman–Crippen LogP) is 0.796. The minimum Gasteiger partial charge on any atom is -0.336 e. The van der Waals surface area contributed by atoms with E-state index >= 15 is 0 Å². The molecule has 2 amide bonds. The number of carbonyl (C=O) groups is 2. The minimum atomic E-state index is -0.414. The largest absolute Gasteiger partial charge is 0.336 e. The quantitative estimate of drug-likeness (QED) is 0.707. The van der Waals surface area contributed by atoms with Crippen LogP contribution in [-0.4, -0.2) is 41.8 Å². The minimum absolute atomic E-state index is 0.403. The molecule has 4 nitrogen and oxygen atoms in total. The topological polar surface area (TPSA) is 40.6 Å². The number of rotatable bonds is 2. The molecule has 2 rings (SSSR count). The van der Waals surface area contributed by atoms with Crippen LogP contribution in [0.1, 0.15) is 11.1 Å². The highest BCUT2D eigenvalue weighted by atomic mass is 16.2. The molecule has 0 atom stereocenters. The van der Waals surface area contributed by atoms with Crippen molar-refractivity contribution in [2.75, 3.05) is 20.1 Å². The third-order valence-corrected chi connectivity index (χ3v) is 3.02. The van der Waals surface area contributed by atoms with Gasteiger partial charge in [0.25, 0.3) is 0 Å². The molecule has 0 radical (unpaired) electrons. The number of likely N-dealkylation sites (N-methyl/N-ethyl adjacent to an activating group) is 1. The second-order valence-corrected chi connectivity index (χ2v) is 4.44. The highest BCUT2D eigenvalue weighted by molar-refractivity contribution is 6.35. The van der Waals surface area contributed by atoms with Gasteiger partial charge >= 0.3 is 11.8 Å². The van der Waals surface area contributed by atoms with Gasteiger partial charge in [-0.05, 0) is 12.5 Å². The van der Waals surface area contributed by atoms with Crippen molar-refractivity contribution in [2.24, 2.45) is 0 Å². The lowest BCUT2D eigenvalue weighted by molar-refractivity contribution is -0.155. The van der Waals surface area contributed by atoms with Gasteiger partial charge in [0.05, 0.1) is 0 Å². The molecule has 0 saturated carbocycles. The average Bonchev–Trinajstić information content (AvgIpc) is 2.33. The summed E-state index contributed by atoms with van der Waals surface area (Å²) in [4.78, 5) is 26.3. The predicted molar refractivity (Wildman–Crippen MR) is 64.2 cm³/mol. The van der Waals surface area contributed by atoms with Crippen molar-refractivity contribution >= 4 is 11.8 Å². The lowest BCUT2D eigenvalue weighted by Crippen LogP contribution is -2.52. The molecule has 1 aliphatic heterocycles. The first-order valence-electron chi connectivity index (χ1n) is 5.68. The first kappa shape index (κ1) is 11.6. The van der Waals surface area contributed by atoms with Gasteiger partial charge in [-0.15, -0.1) is 0 Å². The van der Waals surface area contributed by atoms with Crippen molar-refractivity contribution in [1.82, 2.24) is 9.80 Å². The number of hydrogen-bond donors (Lipinski definition) is 0. The van der Waals surface area contributed by atoms with Gasteiger partial charge in [0.1, 0.15) is 0 Å². The number of piperazine rings is 1. The molecular formula is C13H16N2O2. The molecular weight excluding hydrogens is 216 g/mol. The van der Waals surface area contributed by atoms with E-state index < -0.39 is 11.8 Å². The Balaban J connectivity index is 2.07. The van der Waals surface area contributed by atoms with Gasteiger partial charge in [-0.25, -0.2) is 0 Å². The third kappa shape index (κ3) is 2.46. The summed E-state index contributed by atoms with van der Waals surface area (Å²) in [7, 11) is 1.66. The molecule has 90 valence electrons. The van der Waals surface area contributed by atoms with E-state index in [9.17, 15) is 9.59 Å². The monoisotopic (exact) mass is 232 g/mol. The Kier molecular flexibility index (Phi) is 3.13. The first-order valence-corrected chi connectivity index (χ1v) is 5.68. The first-order chi connectivity index (χ1) is 8.08. The Morgan fingerprint density at radius 2 is 1.71 bits per heavy atom. The van der Waals surface area contributed by atoms with Crippen LogP contribution in [0.15, 0.2) is 24.3 Å². The van der Waals surface area contributed by atoms with Gasteiger partial charge in [-0.2, -0.15) is 0 Å². The van der Waals surface area contributed by atoms with Crippen LogP contribution in [0.25, 0.3) is 0 Å². The number of nitrogens with zero attached hydrogens (tertiary/aromatic N) is 2. The summed E-state index contributed by atoms with van der Waals surface area (Å²) in [5, 5.41) is 0. The Morgan fingerprint density at radius 1 is 1.06 bits per heavy atom. The number of carbonyl (C=O) groups excluding carboxylic acids is 2. The molecule has 0 spiro atoms. The van der Waals surface area contributed by atoms with Crippen LogP contribution < -0.4 is 0 Å². The molecule has 1 aliphatic rings. The van der Waals surface area contributed by atoms with Crippen molar-refractivity contribution < 1.29 is 9.59 Å². The standard InChI is InChI=1S/C13H16N2O2/c1-10-3-5-11(6-4-10)9-15-8-7-14(2)12(16)13(15)17/h3-6H,7-9H2,1-2H3. The zero-order valence-electron chi connectivity index (χ0n) is 10.1. The molecule has 0 aliphatic carbocycles. The molecule has 0 aromatic heterocycles. The Labute approximate surface area is 101 Å². The molecule has 4 heteroatoms. The summed E-state index contributed by atoms with van der Waals surface area (Å²) in [5.41, 5.74) is 2.25. The number of amides is 2. The molecule has 1 saturated heterocycles. The van der Waals surface area contributed by atoms with Crippen LogP contribution in [0.4, 0.5) is 0 Å². The molecule has 0 N–H and O–H groups in total. The van der Waals surface area contributed by atoms with E-state index in [0.717, 1.165) is 5.56 Å². The van der Waals surface area contributed by atoms with Crippen LogP contribution in [0.5, 0.6) is 0 Å². The second-order valence-electron chi connectivity index (χ2n) is 4.44. The van der Waals surface area contributed by atoms with Crippen LogP contribution >= 0.6 is 0 Å². The van der Waals surface area contributed by atoms with E-state index in [1.165, 1.54) is 10.5 Å². The van der Waals surface area contributed by atoms with Crippen LogP contribution in [-0.2, 0) is 16.1 Å². The SMILES string of the molecule is Cc1ccc(CN2CCN(C)C(=O)C2=O)cc1. The van der Waals surface area contributed by atoms with Gasteiger partial charge in [-0.1, -0.05) is 29.8 Å². The summed E-state index contributed by atoms with van der Waals surface area (Å²) in [6.07, 6.45) is 0. The summed E-state index contributed by atoms with van der Waals surface area (Å²) in [6.45, 7) is 3.75. The lowest BCUT2D eigenvalue weighted by atomic mass is 10.1. The Bertz CT molecular complexity index is 439. The maximum Gasteiger partial charge on any atom is 0.312 e. The average molecular weight is 232 g/mol. The Morgan fingerprint density at radius 3 is 2.35 bits per heavy atom. The van der Waals surface area contributed by atoms with Crippen molar-refractivity contribution in [3.05, 3.63) is 35.4 Å². The van der Waals surface area contributed by atoms with Crippen LogP contribution in [0.3, 0.4) is 0 Å². The van der Waals surface area contributed by atoms with E-state index in [1.807, 2.05) is 31.2 Å². The molecule has 1 aromatic carbocycles. The van der Waals surface area contributed by atoms with E-state index in [2.05, 4.69) is 0 Å². The number of aryl methyl sites for hydroxylation is 1. The summed E-state index contributed by atoms with van der Waals surface area (Å²) in [5.74, 6) is -0.817. The van der Waals surface area contributed by atoms with E-state index in [1.54, 1.807) is 11.9 Å². The molecule has 0 unspecified atom stereocenters. The summed E-state index contributed by atoms with van der Waals surface area (Å²) < 4.78 is 0. The van der Waals surface area contributed by atoms with Crippen molar-refractivity contribution in [1.29, 1.82) is 0 Å². The third-order valence-electron chi connectivity index (χ3n) is 3.02. The Hall–Kier alpha value is -1.84. The van der Waals surface area contributed by atoms with E-state index in [-0.39, 0.29) is 0 Å². The van der Waals surface area contributed by atoms with Crippen molar-refractivity contribution in [3.8, 4) is 0 Å². The molecule has 1 fully saturated rings. The van der Waals surface area contributed by atoms with Crippen LogP contribution in [0, 0.1) is 6.92 Å². The van der Waals surface area contributed by atoms with Gasteiger partial charge in [-0.3, -0.25) is 9.59 Å². The lowest BCUT2D eigenvalue weighted by Gasteiger charge is -2.31. The summed E-state index contributed by atoms with van der Waals surface area (Å²) >= 11 is 0.